The molecule has 7 rings (SSSR count). The summed E-state index contributed by atoms with van der Waals surface area (Å²) >= 11 is 0. The molecule has 9 nitrogen and oxygen atoms in total. The van der Waals surface area contributed by atoms with Crippen LogP contribution in [0, 0.1) is 0 Å². The Labute approximate surface area is 275 Å². The van der Waals surface area contributed by atoms with E-state index in [9.17, 15) is 9.59 Å². The molecule has 47 heavy (non-hydrogen) atoms. The van der Waals surface area contributed by atoms with Gasteiger partial charge in [-0.25, -0.2) is 4.79 Å². The fourth-order valence-corrected chi connectivity index (χ4v) is 7.57. The molecule has 4 aromatic carbocycles. The van der Waals surface area contributed by atoms with Crippen LogP contribution in [0.25, 0.3) is 10.8 Å². The minimum absolute atomic E-state index is 0.0586. The maximum atomic E-state index is 13.3. The maximum absolute atomic E-state index is 13.3. The fourth-order valence-electron chi connectivity index (χ4n) is 6.70. The number of fused-ring (bicyclic) bond motifs is 3. The number of hydrogen-bond donors (Lipinski definition) is 2. The molecule has 2 N–H and O–H groups in total. The van der Waals surface area contributed by atoms with Crippen molar-refractivity contribution in [2.24, 2.45) is 0 Å². The Balaban J connectivity index is 1.43. The zero-order chi connectivity index (χ0) is 32.6. The lowest BCUT2D eigenvalue weighted by molar-refractivity contribution is -0.228. The molecular formula is C37H37N3O6Si. The van der Waals surface area contributed by atoms with Crippen LogP contribution in [-0.4, -0.2) is 43.7 Å². The van der Waals surface area contributed by atoms with E-state index in [0.717, 1.165) is 27.5 Å². The minimum Gasteiger partial charge on any atom is -0.401 e. The molecule has 240 valence electrons. The number of aromatic nitrogens is 2. The number of H-pyrrole nitrogens is 1. The second-order valence-corrected chi connectivity index (χ2v) is 15.0. The molecule has 2 bridgehead atoms. The summed E-state index contributed by atoms with van der Waals surface area (Å²) in [6.45, 7) is 6.86. The number of nitrogens with zero attached hydrogens (tertiary/aromatic N) is 1. The average molecular weight is 648 g/mol. The maximum Gasteiger partial charge on any atom is 0.330 e. The summed E-state index contributed by atoms with van der Waals surface area (Å²) in [7, 11) is 0.0586. The summed E-state index contributed by atoms with van der Waals surface area (Å²) in [5.41, 5.74) is 2.30. The van der Waals surface area contributed by atoms with Gasteiger partial charge >= 0.3 is 5.69 Å². The van der Waals surface area contributed by atoms with Gasteiger partial charge < -0.3 is 13.9 Å². The van der Waals surface area contributed by atoms with Gasteiger partial charge in [-0.15, -0.1) is 0 Å². The van der Waals surface area contributed by atoms with E-state index in [2.05, 4.69) is 61.6 Å². The quantitative estimate of drug-likeness (QED) is 0.211. The van der Waals surface area contributed by atoms with Gasteiger partial charge in [0.2, 0.25) is 9.76 Å². The molecule has 3 heterocycles. The third kappa shape index (κ3) is 5.71. The van der Waals surface area contributed by atoms with E-state index in [1.54, 1.807) is 0 Å². The van der Waals surface area contributed by atoms with Crippen molar-refractivity contribution >= 4 is 20.5 Å². The molecule has 2 fully saturated rings. The van der Waals surface area contributed by atoms with Gasteiger partial charge in [0.25, 0.3) is 5.56 Å². The van der Waals surface area contributed by atoms with Gasteiger partial charge in [-0.2, -0.15) is 5.48 Å². The van der Waals surface area contributed by atoms with Gasteiger partial charge in [0.05, 0.1) is 13.2 Å². The Morgan fingerprint density at radius 3 is 2.19 bits per heavy atom. The number of benzene rings is 4. The number of hydroxylamine groups is 1. The summed E-state index contributed by atoms with van der Waals surface area (Å²) in [6.07, 6.45) is -1.04. The van der Waals surface area contributed by atoms with Gasteiger partial charge in [0.1, 0.15) is 11.7 Å². The zero-order valence-corrected chi connectivity index (χ0v) is 27.5. The summed E-state index contributed by atoms with van der Waals surface area (Å²) in [5, 5.41) is 2.07. The zero-order valence-electron chi connectivity index (χ0n) is 26.5. The lowest BCUT2D eigenvalue weighted by Crippen LogP contribution is -2.69. The monoisotopic (exact) mass is 647 g/mol. The molecule has 0 aliphatic carbocycles. The van der Waals surface area contributed by atoms with E-state index in [1.807, 2.05) is 72.8 Å². The van der Waals surface area contributed by atoms with Crippen molar-refractivity contribution in [1.82, 2.24) is 15.0 Å². The van der Waals surface area contributed by atoms with Crippen LogP contribution in [0.2, 0.25) is 5.04 Å². The first kappa shape index (κ1) is 31.4. The summed E-state index contributed by atoms with van der Waals surface area (Å²) in [4.78, 5) is 33.9. The molecule has 5 aromatic rings. The molecular weight excluding hydrogens is 611 g/mol. The van der Waals surface area contributed by atoms with E-state index < -0.39 is 40.9 Å². The average Bonchev–Trinajstić information content (AvgIpc) is 3.24. The van der Waals surface area contributed by atoms with Crippen LogP contribution in [0.4, 0.5) is 0 Å². The third-order valence-electron chi connectivity index (χ3n) is 8.76. The summed E-state index contributed by atoms with van der Waals surface area (Å²) in [6, 6.07) is 35.8. The summed E-state index contributed by atoms with van der Waals surface area (Å²) < 4.78 is 22.8. The van der Waals surface area contributed by atoms with Crippen LogP contribution in [0.5, 0.6) is 0 Å². The molecule has 4 atom stereocenters. The Morgan fingerprint density at radius 2 is 1.53 bits per heavy atom. The Kier molecular flexibility index (Phi) is 8.33. The predicted molar refractivity (Wildman–Crippen MR) is 180 cm³/mol. The van der Waals surface area contributed by atoms with E-state index in [-0.39, 0.29) is 28.0 Å². The number of nitrogens with one attached hydrogen (secondary N) is 2. The SMILES string of the molecule is CC(C)(C)[Si]OC(c1ccccc1)(c1ccccc1)C12CNOC(C(n3ccc(=O)[nH]c3=O)O1)C2OCc1ccc2ccccc2c1. The van der Waals surface area contributed by atoms with Crippen LogP contribution in [0.1, 0.15) is 43.7 Å². The smallest absolute Gasteiger partial charge is 0.330 e. The first-order chi connectivity index (χ1) is 22.7. The molecule has 1 aromatic heterocycles. The Bertz CT molecular complexity index is 1940. The fraction of sp³-hybridized carbons (Fsp3) is 0.297. The normalized spacial score (nSPS) is 22.8. The van der Waals surface area contributed by atoms with Crippen molar-refractivity contribution in [1.29, 1.82) is 0 Å². The number of aromatic amines is 1. The van der Waals surface area contributed by atoms with Crippen molar-refractivity contribution < 1.29 is 18.7 Å². The van der Waals surface area contributed by atoms with Gasteiger partial charge in [-0.3, -0.25) is 19.2 Å². The molecule has 4 unspecified atom stereocenters. The molecule has 10 heteroatoms. The highest BCUT2D eigenvalue weighted by molar-refractivity contribution is 6.32. The van der Waals surface area contributed by atoms with Crippen LogP contribution >= 0.6 is 0 Å². The molecule has 2 saturated heterocycles. The molecule has 2 radical (unpaired) electrons. The highest BCUT2D eigenvalue weighted by Gasteiger charge is 2.71. The molecule has 2 aliphatic heterocycles. The van der Waals surface area contributed by atoms with Crippen molar-refractivity contribution in [3.63, 3.8) is 0 Å². The van der Waals surface area contributed by atoms with E-state index >= 15 is 0 Å². The molecule has 0 spiro atoms. The first-order valence-electron chi connectivity index (χ1n) is 15.7. The van der Waals surface area contributed by atoms with Crippen LogP contribution in [0.3, 0.4) is 0 Å². The molecule has 0 amide bonds. The van der Waals surface area contributed by atoms with Crippen LogP contribution in [0.15, 0.2) is 125 Å². The standard InChI is InChI=1S/C37H37N3O6Si/c1-35(2,3)47-46-37(28-14-6-4-7-15-28,29-16-8-5-9-17-29)36-24-38-45-31(33(44-36)40-21-20-30(41)39-34(40)42)32(36)43-23-25-18-19-26-12-10-11-13-27(26)22-25/h4-22,31-33,38H,23-24H2,1-3H3,(H,39,41,42). The van der Waals surface area contributed by atoms with Gasteiger partial charge in [-0.05, 0) is 38.6 Å². The number of rotatable bonds is 9. The number of ether oxygens (including phenoxy) is 2. The largest absolute Gasteiger partial charge is 0.401 e. The van der Waals surface area contributed by atoms with Crippen LogP contribution < -0.4 is 16.7 Å². The van der Waals surface area contributed by atoms with Gasteiger partial charge in [0, 0.05) is 12.3 Å². The van der Waals surface area contributed by atoms with Crippen LogP contribution in [-0.2, 0) is 30.9 Å². The van der Waals surface area contributed by atoms with Crippen molar-refractivity contribution in [3.8, 4) is 0 Å². The highest BCUT2D eigenvalue weighted by Crippen LogP contribution is 2.56. The predicted octanol–water partition coefficient (Wildman–Crippen LogP) is 5.24. The van der Waals surface area contributed by atoms with E-state index in [1.165, 1.54) is 16.8 Å². The summed E-state index contributed by atoms with van der Waals surface area (Å²) in [5.74, 6) is 0. The van der Waals surface area contributed by atoms with Crippen molar-refractivity contribution in [3.05, 3.63) is 153 Å². The minimum atomic E-state index is -1.26. The molecule has 2 aliphatic rings. The van der Waals surface area contributed by atoms with Gasteiger partial charge in [0.15, 0.2) is 17.9 Å². The topological polar surface area (TPSA) is 104 Å². The number of hydrogen-bond acceptors (Lipinski definition) is 7. The lowest BCUT2D eigenvalue weighted by atomic mass is 9.69. The Morgan fingerprint density at radius 1 is 0.872 bits per heavy atom. The first-order valence-corrected chi connectivity index (χ1v) is 16.6. The molecule has 0 saturated carbocycles. The van der Waals surface area contributed by atoms with Crippen molar-refractivity contribution in [2.75, 3.05) is 6.54 Å². The van der Waals surface area contributed by atoms with E-state index in [4.69, 9.17) is 18.7 Å². The van der Waals surface area contributed by atoms with Gasteiger partial charge in [-0.1, -0.05) is 118 Å². The van der Waals surface area contributed by atoms with Crippen molar-refractivity contribution in [2.45, 2.75) is 62.1 Å². The second kappa shape index (κ2) is 12.5. The second-order valence-electron chi connectivity index (χ2n) is 13.1. The highest BCUT2D eigenvalue weighted by atomic mass is 28.2. The Hall–Kier alpha value is -4.16. The lowest BCUT2D eigenvalue weighted by Gasteiger charge is -2.52. The third-order valence-corrected chi connectivity index (χ3v) is 9.78. The van der Waals surface area contributed by atoms with E-state index in [0.29, 0.717) is 0 Å².